The van der Waals surface area contributed by atoms with E-state index in [9.17, 15) is 4.79 Å². The van der Waals surface area contributed by atoms with Crippen molar-refractivity contribution in [1.29, 1.82) is 0 Å². The molecule has 0 radical (unpaired) electrons. The van der Waals surface area contributed by atoms with E-state index >= 15 is 0 Å². The Morgan fingerprint density at radius 2 is 1.62 bits per heavy atom. The summed E-state index contributed by atoms with van der Waals surface area (Å²) in [5.74, 6) is 1.01. The third-order valence-corrected chi connectivity index (χ3v) is 3.55. The Bertz CT molecular complexity index is 371. The van der Waals surface area contributed by atoms with Crippen LogP contribution in [0.2, 0.25) is 10.0 Å². The van der Waals surface area contributed by atoms with Gasteiger partial charge in [0.2, 0.25) is 0 Å². The normalized spacial score (nSPS) is 17.8. The third-order valence-electron chi connectivity index (χ3n) is 3.11. The zero-order valence-corrected chi connectivity index (χ0v) is 10.5. The van der Waals surface area contributed by atoms with Crippen molar-refractivity contribution < 1.29 is 4.79 Å². The molecule has 0 aliphatic heterocycles. The summed E-state index contributed by atoms with van der Waals surface area (Å²) in [7, 11) is 0. The Labute approximate surface area is 106 Å². The molecule has 1 aromatic carbocycles. The van der Waals surface area contributed by atoms with Gasteiger partial charge in [-0.1, -0.05) is 23.2 Å². The fourth-order valence-electron chi connectivity index (χ4n) is 2.27. The molecule has 1 saturated carbocycles. The van der Waals surface area contributed by atoms with Crippen LogP contribution < -0.4 is 0 Å². The minimum Gasteiger partial charge on any atom is -0.300 e. The number of Topliss-reactive ketones (excluding diaryl/α,β-unsaturated/α-hetero) is 1. The van der Waals surface area contributed by atoms with Crippen LogP contribution in [0.15, 0.2) is 18.2 Å². The van der Waals surface area contributed by atoms with Crippen molar-refractivity contribution >= 4 is 29.0 Å². The maximum Gasteiger partial charge on any atom is 0.132 e. The zero-order valence-electron chi connectivity index (χ0n) is 9.01. The smallest absolute Gasteiger partial charge is 0.132 e. The molecule has 1 aliphatic rings. The highest BCUT2D eigenvalue weighted by Crippen LogP contribution is 2.27. The Morgan fingerprint density at radius 3 is 2.19 bits per heavy atom. The average Bonchev–Trinajstić information content (AvgIpc) is 2.20. The van der Waals surface area contributed by atoms with Crippen molar-refractivity contribution in [3.63, 3.8) is 0 Å². The largest absolute Gasteiger partial charge is 0.300 e. The summed E-state index contributed by atoms with van der Waals surface area (Å²) >= 11 is 11.9. The maximum absolute atomic E-state index is 11.1. The maximum atomic E-state index is 11.1. The summed E-state index contributed by atoms with van der Waals surface area (Å²) < 4.78 is 0. The van der Waals surface area contributed by atoms with E-state index in [0.717, 1.165) is 32.1 Å². The van der Waals surface area contributed by atoms with E-state index in [-0.39, 0.29) is 0 Å². The van der Waals surface area contributed by atoms with Gasteiger partial charge in [-0.2, -0.15) is 0 Å². The molecule has 0 unspecified atom stereocenters. The van der Waals surface area contributed by atoms with Crippen LogP contribution in [0.25, 0.3) is 0 Å². The fraction of sp³-hybridized carbons (Fsp3) is 0.462. The van der Waals surface area contributed by atoms with Gasteiger partial charge in [0.25, 0.3) is 0 Å². The first kappa shape index (κ1) is 11.9. The number of halogens is 2. The van der Waals surface area contributed by atoms with Gasteiger partial charge in [-0.25, -0.2) is 0 Å². The molecule has 0 atom stereocenters. The number of carbonyl (C=O) groups is 1. The van der Waals surface area contributed by atoms with E-state index in [1.54, 1.807) is 6.07 Å². The summed E-state index contributed by atoms with van der Waals surface area (Å²) in [5, 5.41) is 1.38. The van der Waals surface area contributed by atoms with Crippen molar-refractivity contribution in [3.8, 4) is 0 Å². The molecule has 0 heterocycles. The fourth-order valence-corrected chi connectivity index (χ4v) is 2.84. The Kier molecular flexibility index (Phi) is 3.88. The number of carbonyl (C=O) groups excluding carboxylic acids is 1. The first-order chi connectivity index (χ1) is 7.63. The molecule has 0 N–H and O–H groups in total. The second-order valence-corrected chi connectivity index (χ2v) is 5.34. The molecule has 0 saturated heterocycles. The van der Waals surface area contributed by atoms with E-state index < -0.39 is 0 Å². The van der Waals surface area contributed by atoms with Crippen LogP contribution in [-0.2, 0) is 11.2 Å². The molecular weight excluding hydrogens is 243 g/mol. The lowest BCUT2D eigenvalue weighted by atomic mass is 9.84. The number of hydrogen-bond acceptors (Lipinski definition) is 1. The minimum atomic E-state index is 0.403. The predicted octanol–water partition coefficient (Wildman–Crippen LogP) is 4.30. The van der Waals surface area contributed by atoms with Gasteiger partial charge in [0.15, 0.2) is 0 Å². The molecule has 0 bridgehead atoms. The molecule has 0 amide bonds. The zero-order chi connectivity index (χ0) is 11.5. The molecule has 16 heavy (non-hydrogen) atoms. The number of benzene rings is 1. The standard InChI is InChI=1S/C13H14Cl2O/c14-11-6-10(7-12(15)8-11)5-9-1-3-13(16)4-2-9/h6-9H,1-5H2. The highest BCUT2D eigenvalue weighted by molar-refractivity contribution is 6.34. The van der Waals surface area contributed by atoms with Crippen molar-refractivity contribution in [2.75, 3.05) is 0 Å². The summed E-state index contributed by atoms with van der Waals surface area (Å²) in [6.07, 6.45) is 4.46. The number of hydrogen-bond donors (Lipinski definition) is 0. The molecule has 1 aromatic rings. The number of ketones is 1. The predicted molar refractivity (Wildman–Crippen MR) is 67.1 cm³/mol. The van der Waals surface area contributed by atoms with Crippen LogP contribution in [0.1, 0.15) is 31.2 Å². The molecule has 1 aliphatic carbocycles. The van der Waals surface area contributed by atoms with Crippen LogP contribution in [-0.4, -0.2) is 5.78 Å². The number of rotatable bonds is 2. The van der Waals surface area contributed by atoms with Gasteiger partial charge in [0, 0.05) is 22.9 Å². The first-order valence-electron chi connectivity index (χ1n) is 5.60. The second-order valence-electron chi connectivity index (χ2n) is 4.46. The molecule has 0 aromatic heterocycles. The molecule has 1 nitrogen and oxygen atoms in total. The van der Waals surface area contributed by atoms with E-state index in [1.807, 2.05) is 12.1 Å². The van der Waals surface area contributed by atoms with Gasteiger partial charge in [-0.15, -0.1) is 0 Å². The lowest BCUT2D eigenvalue weighted by molar-refractivity contribution is -0.120. The Balaban J connectivity index is 2.00. The Morgan fingerprint density at radius 1 is 1.06 bits per heavy atom. The molecule has 3 heteroatoms. The highest BCUT2D eigenvalue weighted by atomic mass is 35.5. The van der Waals surface area contributed by atoms with E-state index in [1.165, 1.54) is 5.56 Å². The molecule has 86 valence electrons. The summed E-state index contributed by atoms with van der Waals surface area (Å²) in [4.78, 5) is 11.1. The van der Waals surface area contributed by atoms with Gasteiger partial charge >= 0.3 is 0 Å². The van der Waals surface area contributed by atoms with Crippen LogP contribution in [0.4, 0.5) is 0 Å². The molecule has 1 fully saturated rings. The van der Waals surface area contributed by atoms with Crippen molar-refractivity contribution in [3.05, 3.63) is 33.8 Å². The average molecular weight is 257 g/mol. The summed E-state index contributed by atoms with van der Waals surface area (Å²) in [5.41, 5.74) is 1.18. The van der Waals surface area contributed by atoms with Crippen molar-refractivity contribution in [1.82, 2.24) is 0 Å². The topological polar surface area (TPSA) is 17.1 Å². The molecule has 0 spiro atoms. The summed E-state index contributed by atoms with van der Waals surface area (Å²) in [6, 6.07) is 5.67. The van der Waals surface area contributed by atoms with Crippen molar-refractivity contribution in [2.45, 2.75) is 32.1 Å². The van der Waals surface area contributed by atoms with E-state index in [0.29, 0.717) is 21.7 Å². The van der Waals surface area contributed by atoms with Gasteiger partial charge in [-0.05, 0) is 48.9 Å². The van der Waals surface area contributed by atoms with Crippen LogP contribution >= 0.6 is 23.2 Å². The van der Waals surface area contributed by atoms with E-state index in [4.69, 9.17) is 23.2 Å². The van der Waals surface area contributed by atoms with Gasteiger partial charge < -0.3 is 0 Å². The van der Waals surface area contributed by atoms with Gasteiger partial charge in [0.05, 0.1) is 0 Å². The monoisotopic (exact) mass is 256 g/mol. The lowest BCUT2D eigenvalue weighted by Crippen LogP contribution is -2.15. The highest BCUT2D eigenvalue weighted by Gasteiger charge is 2.19. The quantitative estimate of drug-likeness (QED) is 0.772. The van der Waals surface area contributed by atoms with Gasteiger partial charge in [0.1, 0.15) is 5.78 Å². The van der Waals surface area contributed by atoms with Crippen molar-refractivity contribution in [2.24, 2.45) is 5.92 Å². The summed E-state index contributed by atoms with van der Waals surface area (Å²) in [6.45, 7) is 0. The third kappa shape index (κ3) is 3.23. The lowest BCUT2D eigenvalue weighted by Gasteiger charge is -2.20. The minimum absolute atomic E-state index is 0.403. The van der Waals surface area contributed by atoms with Crippen LogP contribution in [0.3, 0.4) is 0 Å². The van der Waals surface area contributed by atoms with E-state index in [2.05, 4.69) is 0 Å². The second kappa shape index (κ2) is 5.20. The van der Waals surface area contributed by atoms with Crippen LogP contribution in [0.5, 0.6) is 0 Å². The van der Waals surface area contributed by atoms with Gasteiger partial charge in [-0.3, -0.25) is 4.79 Å². The Hall–Kier alpha value is -0.530. The molecule has 2 rings (SSSR count). The first-order valence-corrected chi connectivity index (χ1v) is 6.36. The SMILES string of the molecule is O=C1CCC(Cc2cc(Cl)cc(Cl)c2)CC1. The molecular formula is C13H14Cl2O. The van der Waals surface area contributed by atoms with Crippen LogP contribution in [0, 0.1) is 5.92 Å².